The van der Waals surface area contributed by atoms with Gasteiger partial charge >= 0.3 is 0 Å². The fraction of sp³-hybridized carbons (Fsp3) is 0.533. The Morgan fingerprint density at radius 2 is 2.00 bits per heavy atom. The monoisotopic (exact) mass is 423 g/mol. The summed E-state index contributed by atoms with van der Waals surface area (Å²) in [5.41, 5.74) is 6.84. The van der Waals surface area contributed by atoms with Crippen molar-refractivity contribution < 1.29 is 4.21 Å². The van der Waals surface area contributed by atoms with E-state index in [4.69, 9.17) is 5.73 Å². The lowest BCUT2D eigenvalue weighted by molar-refractivity contribution is 0.596. The van der Waals surface area contributed by atoms with E-state index < -0.39 is 10.8 Å². The van der Waals surface area contributed by atoms with E-state index in [1.165, 1.54) is 0 Å². The number of guanidine groups is 1. The van der Waals surface area contributed by atoms with Crippen LogP contribution in [0.5, 0.6) is 0 Å². The third kappa shape index (κ3) is 10.7. The summed E-state index contributed by atoms with van der Waals surface area (Å²) in [4.78, 5) is 4.23. The predicted molar refractivity (Wildman–Crippen MR) is 103 cm³/mol. The molecule has 0 aliphatic carbocycles. The summed E-state index contributed by atoms with van der Waals surface area (Å²) in [6.07, 6.45) is 1.03. The van der Waals surface area contributed by atoms with Gasteiger partial charge in [-0.15, -0.1) is 24.0 Å². The van der Waals surface area contributed by atoms with Crippen molar-refractivity contribution in [3.8, 4) is 0 Å². The highest BCUT2D eigenvalue weighted by Gasteiger charge is 2.01. The molecule has 0 fully saturated rings. The van der Waals surface area contributed by atoms with Crippen molar-refractivity contribution >= 4 is 40.7 Å². The van der Waals surface area contributed by atoms with E-state index in [-0.39, 0.29) is 24.0 Å². The van der Waals surface area contributed by atoms with Gasteiger partial charge in [-0.3, -0.25) is 9.20 Å². The van der Waals surface area contributed by atoms with E-state index in [0.29, 0.717) is 29.9 Å². The zero-order valence-corrected chi connectivity index (χ0v) is 15.9. The molecule has 1 atom stereocenters. The lowest BCUT2D eigenvalue weighted by atomic mass is 10.1. The molecule has 3 N–H and O–H groups in total. The highest BCUT2D eigenvalue weighted by Crippen LogP contribution is 2.02. The molecule has 1 rings (SSSR count). The Hall–Kier alpha value is -0.630. The van der Waals surface area contributed by atoms with Crippen molar-refractivity contribution in [2.45, 2.75) is 26.0 Å². The van der Waals surface area contributed by atoms with Crippen LogP contribution >= 0.6 is 24.0 Å². The Balaban J connectivity index is 0.00000400. The molecular formula is C15H26IN3OS. The number of nitrogens with one attached hydrogen (secondary N) is 1. The normalized spacial score (nSPS) is 12.8. The average Bonchev–Trinajstić information content (AvgIpc) is 2.39. The van der Waals surface area contributed by atoms with Crippen LogP contribution in [0.1, 0.15) is 25.8 Å². The molecular weight excluding hydrogens is 397 g/mol. The van der Waals surface area contributed by atoms with Crippen LogP contribution in [0.15, 0.2) is 35.3 Å². The Labute approximate surface area is 147 Å². The highest BCUT2D eigenvalue weighted by molar-refractivity contribution is 14.0. The van der Waals surface area contributed by atoms with Crippen molar-refractivity contribution in [3.05, 3.63) is 35.9 Å². The number of benzene rings is 1. The third-order valence-electron chi connectivity index (χ3n) is 2.79. The minimum atomic E-state index is -0.874. The van der Waals surface area contributed by atoms with Crippen LogP contribution in [0.3, 0.4) is 0 Å². The number of aliphatic imine (C=N–C) groups is 1. The first-order valence-corrected chi connectivity index (χ1v) is 8.49. The van der Waals surface area contributed by atoms with Crippen molar-refractivity contribution in [1.29, 1.82) is 0 Å². The van der Waals surface area contributed by atoms with Gasteiger partial charge in [0.2, 0.25) is 0 Å². The van der Waals surface area contributed by atoms with E-state index in [1.807, 2.05) is 30.3 Å². The largest absolute Gasteiger partial charge is 0.370 e. The fourth-order valence-electron chi connectivity index (χ4n) is 1.62. The molecule has 0 aromatic heterocycles. The van der Waals surface area contributed by atoms with Crippen molar-refractivity contribution in [3.63, 3.8) is 0 Å². The summed E-state index contributed by atoms with van der Waals surface area (Å²) in [5.74, 6) is 2.25. The molecule has 0 bridgehead atoms. The SMILES string of the molecule is CC(C)CCN=C(N)NCCS(=O)Cc1ccccc1.I. The number of nitrogens with two attached hydrogens (primary N) is 1. The molecule has 1 aromatic rings. The molecule has 0 heterocycles. The third-order valence-corrected chi connectivity index (χ3v) is 4.11. The summed E-state index contributed by atoms with van der Waals surface area (Å²) < 4.78 is 11.9. The van der Waals surface area contributed by atoms with Crippen LogP contribution in [0.2, 0.25) is 0 Å². The molecule has 0 radical (unpaired) electrons. The van der Waals surface area contributed by atoms with Gasteiger partial charge in [-0.05, 0) is 17.9 Å². The maximum atomic E-state index is 11.9. The quantitative estimate of drug-likeness (QED) is 0.384. The molecule has 1 aromatic carbocycles. The van der Waals surface area contributed by atoms with Crippen LogP contribution < -0.4 is 11.1 Å². The van der Waals surface area contributed by atoms with Gasteiger partial charge in [0.15, 0.2) is 5.96 Å². The maximum absolute atomic E-state index is 11.9. The molecule has 0 saturated carbocycles. The highest BCUT2D eigenvalue weighted by atomic mass is 127. The second kappa shape index (κ2) is 12.0. The molecule has 0 aliphatic heterocycles. The van der Waals surface area contributed by atoms with Crippen molar-refractivity contribution in [1.82, 2.24) is 5.32 Å². The fourth-order valence-corrected chi connectivity index (χ4v) is 2.66. The van der Waals surface area contributed by atoms with E-state index in [2.05, 4.69) is 24.2 Å². The standard InChI is InChI=1S/C15H25N3OS.HI/c1-13(2)8-9-17-15(16)18-10-11-20(19)12-14-6-4-3-5-7-14;/h3-7,13H,8-12H2,1-2H3,(H3,16,17,18);1H. The van der Waals surface area contributed by atoms with Gasteiger partial charge in [-0.25, -0.2) is 0 Å². The minimum absolute atomic E-state index is 0. The van der Waals surface area contributed by atoms with Crippen molar-refractivity contribution in [2.75, 3.05) is 18.8 Å². The summed E-state index contributed by atoms with van der Waals surface area (Å²) in [7, 11) is -0.874. The van der Waals surface area contributed by atoms with Gasteiger partial charge in [0, 0.05) is 35.4 Å². The lowest BCUT2D eigenvalue weighted by Gasteiger charge is -2.06. The first kappa shape index (κ1) is 20.4. The summed E-state index contributed by atoms with van der Waals surface area (Å²) in [6.45, 7) is 5.65. The topological polar surface area (TPSA) is 67.5 Å². The summed E-state index contributed by atoms with van der Waals surface area (Å²) in [5, 5.41) is 3.01. The molecule has 120 valence electrons. The lowest BCUT2D eigenvalue weighted by Crippen LogP contribution is -2.34. The van der Waals surface area contributed by atoms with Gasteiger partial charge < -0.3 is 11.1 Å². The Kier molecular flexibility index (Phi) is 11.6. The van der Waals surface area contributed by atoms with Crippen LogP contribution in [0.4, 0.5) is 0 Å². The number of rotatable bonds is 8. The molecule has 4 nitrogen and oxygen atoms in total. The second-order valence-corrected chi connectivity index (χ2v) is 6.73. The number of halogens is 1. The first-order valence-electron chi connectivity index (χ1n) is 7.00. The van der Waals surface area contributed by atoms with Gasteiger partial charge in [0.25, 0.3) is 0 Å². The maximum Gasteiger partial charge on any atom is 0.188 e. The van der Waals surface area contributed by atoms with E-state index in [9.17, 15) is 4.21 Å². The van der Waals surface area contributed by atoms with Gasteiger partial charge in [-0.2, -0.15) is 0 Å². The molecule has 6 heteroatoms. The smallest absolute Gasteiger partial charge is 0.188 e. The summed E-state index contributed by atoms with van der Waals surface area (Å²) >= 11 is 0. The molecule has 0 spiro atoms. The number of nitrogens with zero attached hydrogens (tertiary/aromatic N) is 1. The number of hydrogen-bond donors (Lipinski definition) is 2. The Bertz CT molecular complexity index is 438. The van der Waals surface area contributed by atoms with E-state index in [1.54, 1.807) is 0 Å². The van der Waals surface area contributed by atoms with Gasteiger partial charge in [0.05, 0.1) is 0 Å². The first-order chi connectivity index (χ1) is 9.58. The van der Waals surface area contributed by atoms with Gasteiger partial charge in [0.1, 0.15) is 0 Å². The zero-order valence-electron chi connectivity index (χ0n) is 12.7. The molecule has 1 unspecified atom stereocenters. The zero-order chi connectivity index (χ0) is 14.8. The molecule has 0 amide bonds. The molecule has 21 heavy (non-hydrogen) atoms. The Morgan fingerprint density at radius 1 is 1.33 bits per heavy atom. The second-order valence-electron chi connectivity index (χ2n) is 5.15. The van der Waals surface area contributed by atoms with E-state index >= 15 is 0 Å². The predicted octanol–water partition coefficient (Wildman–Crippen LogP) is 2.50. The average molecular weight is 423 g/mol. The Morgan fingerprint density at radius 3 is 2.62 bits per heavy atom. The van der Waals surface area contributed by atoms with Crippen LogP contribution in [-0.4, -0.2) is 29.0 Å². The van der Waals surface area contributed by atoms with E-state index in [0.717, 1.165) is 18.5 Å². The van der Waals surface area contributed by atoms with Gasteiger partial charge in [-0.1, -0.05) is 44.2 Å². The number of hydrogen-bond acceptors (Lipinski definition) is 2. The van der Waals surface area contributed by atoms with Crippen LogP contribution in [0, 0.1) is 5.92 Å². The van der Waals surface area contributed by atoms with Crippen LogP contribution in [0.25, 0.3) is 0 Å². The van der Waals surface area contributed by atoms with Crippen LogP contribution in [-0.2, 0) is 16.6 Å². The van der Waals surface area contributed by atoms with Crippen molar-refractivity contribution in [2.24, 2.45) is 16.6 Å². The minimum Gasteiger partial charge on any atom is -0.370 e. The molecule has 0 saturated heterocycles. The summed E-state index contributed by atoms with van der Waals surface area (Å²) in [6, 6.07) is 9.87. The molecule has 0 aliphatic rings.